The molecule has 0 spiro atoms. The van der Waals surface area contributed by atoms with Crippen LogP contribution in [0.3, 0.4) is 0 Å². The molecule has 0 saturated carbocycles. The van der Waals surface area contributed by atoms with Gasteiger partial charge < -0.3 is 19.7 Å². The Balaban J connectivity index is 2.94. The molecule has 164 valence electrons. The molecule has 2 unspecified atom stereocenters. The van der Waals surface area contributed by atoms with Gasteiger partial charge >= 0.3 is 12.8 Å². The molecule has 0 heterocycles. The summed E-state index contributed by atoms with van der Waals surface area (Å²) in [6.45, 7) is 4.28. The number of aliphatic hydroxyl groups excluding tert-OH is 2. The average molecular weight is 448 g/mol. The van der Waals surface area contributed by atoms with Gasteiger partial charge in [-0.25, -0.2) is 9.36 Å². The molecule has 0 radical (unpaired) electrons. The van der Waals surface area contributed by atoms with Crippen LogP contribution >= 0.6 is 18.2 Å². The van der Waals surface area contributed by atoms with Crippen molar-refractivity contribution in [3.63, 3.8) is 0 Å². The number of carbonyl (C=O) groups excluding carboxylic acids is 1. The number of aryl methyl sites for hydroxylation is 2. The van der Waals surface area contributed by atoms with Crippen molar-refractivity contribution in [3.8, 4) is 5.75 Å². The highest BCUT2D eigenvalue weighted by molar-refractivity contribution is 8.54. The molecule has 0 fully saturated rings. The molecule has 0 aromatic heterocycles. The third-order valence-corrected chi connectivity index (χ3v) is 7.37. The Morgan fingerprint density at radius 1 is 1.28 bits per heavy atom. The highest BCUT2D eigenvalue weighted by Crippen LogP contribution is 2.62. The number of ether oxygens (including phenoxy) is 2. The van der Waals surface area contributed by atoms with Crippen molar-refractivity contribution in [2.75, 3.05) is 33.5 Å². The molecule has 0 bridgehead atoms. The van der Waals surface area contributed by atoms with Crippen LogP contribution in [0.1, 0.15) is 23.6 Å². The summed E-state index contributed by atoms with van der Waals surface area (Å²) in [5.41, 5.74) is 2.62. The van der Waals surface area contributed by atoms with Crippen molar-refractivity contribution in [3.05, 3.63) is 41.0 Å². The van der Waals surface area contributed by atoms with Crippen LogP contribution in [0.4, 0.5) is 0 Å². The summed E-state index contributed by atoms with van der Waals surface area (Å²) in [7, 11) is 1.44. The summed E-state index contributed by atoms with van der Waals surface area (Å²) in [5, 5.41) is 18.3. The molecule has 0 aliphatic carbocycles. The molecule has 29 heavy (non-hydrogen) atoms. The third-order valence-electron chi connectivity index (χ3n) is 3.63. The molecule has 8 nitrogen and oxygen atoms in total. The predicted molar refractivity (Wildman–Crippen MR) is 112 cm³/mol. The first kappa shape index (κ1) is 25.8. The molecule has 2 atom stereocenters. The smallest absolute Gasteiger partial charge is 0.389 e. The quantitative estimate of drug-likeness (QED) is 0.203. The molecule has 0 saturated heterocycles. The fraction of sp³-hybridized carbons (Fsp3) is 0.526. The largest absolute Gasteiger partial charge is 0.423 e. The maximum absolute atomic E-state index is 13.0. The number of methoxy groups -OCH3 is 1. The van der Waals surface area contributed by atoms with Gasteiger partial charge in [-0.3, -0.25) is 9.05 Å². The SMILES string of the molecule is C=C(C)C(=O)Oc1c(C)cc(CSP(=O)(OCCO)OC(CO)COC)cc1C. The van der Waals surface area contributed by atoms with Gasteiger partial charge in [-0.15, -0.1) is 0 Å². The predicted octanol–water partition coefficient (Wildman–Crippen LogP) is 3.16. The molecule has 0 aliphatic rings. The van der Waals surface area contributed by atoms with Crippen molar-refractivity contribution in [2.24, 2.45) is 0 Å². The van der Waals surface area contributed by atoms with E-state index in [1.54, 1.807) is 20.8 Å². The van der Waals surface area contributed by atoms with Gasteiger partial charge in [0.1, 0.15) is 11.9 Å². The second-order valence-electron chi connectivity index (χ2n) is 6.37. The van der Waals surface area contributed by atoms with Crippen LogP contribution in [0.2, 0.25) is 0 Å². The number of hydrogen-bond donors (Lipinski definition) is 2. The van der Waals surface area contributed by atoms with Gasteiger partial charge in [0.25, 0.3) is 0 Å². The van der Waals surface area contributed by atoms with E-state index >= 15 is 0 Å². The van der Waals surface area contributed by atoms with Crippen LogP contribution < -0.4 is 4.74 Å². The lowest BCUT2D eigenvalue weighted by Gasteiger charge is -2.22. The van der Waals surface area contributed by atoms with Gasteiger partial charge in [0, 0.05) is 18.4 Å². The van der Waals surface area contributed by atoms with E-state index in [0.29, 0.717) is 11.3 Å². The van der Waals surface area contributed by atoms with E-state index in [2.05, 4.69) is 6.58 Å². The van der Waals surface area contributed by atoms with Crippen LogP contribution in [-0.2, 0) is 28.9 Å². The molecule has 2 N–H and O–H groups in total. The van der Waals surface area contributed by atoms with Gasteiger partial charge in [0.05, 0.1) is 26.4 Å². The fourth-order valence-corrected chi connectivity index (χ4v) is 5.74. The standard InChI is InChI=1S/C19H29O8PS/c1-13(2)19(22)26-18-14(3)8-16(9-15(18)4)12-29-28(23,25-7-6-20)27-17(10-21)11-24-5/h8-9,17,20-21H,1,6-7,10-12H2,2-5H3. The van der Waals surface area contributed by atoms with Gasteiger partial charge in [0.2, 0.25) is 0 Å². The number of carbonyl (C=O) groups is 1. The third kappa shape index (κ3) is 8.60. The molecular formula is C19H29O8PS. The lowest BCUT2D eigenvalue weighted by Crippen LogP contribution is -2.22. The molecule has 1 aromatic carbocycles. The first-order valence-electron chi connectivity index (χ1n) is 8.91. The lowest BCUT2D eigenvalue weighted by atomic mass is 10.1. The minimum absolute atomic E-state index is 0.0462. The summed E-state index contributed by atoms with van der Waals surface area (Å²) < 4.78 is 34.0. The summed E-state index contributed by atoms with van der Waals surface area (Å²) in [4.78, 5) is 11.8. The van der Waals surface area contributed by atoms with E-state index in [9.17, 15) is 14.5 Å². The maximum atomic E-state index is 13.0. The van der Waals surface area contributed by atoms with Crippen molar-refractivity contribution in [1.29, 1.82) is 0 Å². The number of benzene rings is 1. The zero-order valence-corrected chi connectivity index (χ0v) is 18.9. The Labute approximate surface area is 175 Å². The zero-order valence-electron chi connectivity index (χ0n) is 17.2. The Morgan fingerprint density at radius 3 is 2.38 bits per heavy atom. The minimum atomic E-state index is -3.66. The van der Waals surface area contributed by atoms with Crippen molar-refractivity contribution in [1.82, 2.24) is 0 Å². The van der Waals surface area contributed by atoms with Crippen molar-refractivity contribution < 1.29 is 38.1 Å². The van der Waals surface area contributed by atoms with E-state index in [1.807, 2.05) is 12.1 Å². The molecule has 1 aromatic rings. The van der Waals surface area contributed by atoms with Crippen molar-refractivity contribution >= 4 is 24.1 Å². The molecular weight excluding hydrogens is 419 g/mol. The summed E-state index contributed by atoms with van der Waals surface area (Å²) in [6.07, 6.45) is -0.815. The van der Waals surface area contributed by atoms with Crippen LogP contribution in [0.5, 0.6) is 5.75 Å². The Kier molecular flexibility index (Phi) is 11.1. The van der Waals surface area contributed by atoms with Crippen LogP contribution in [-0.4, -0.2) is 55.8 Å². The lowest BCUT2D eigenvalue weighted by molar-refractivity contribution is -0.130. The second kappa shape index (κ2) is 12.5. The van der Waals surface area contributed by atoms with Gasteiger partial charge in [-0.2, -0.15) is 0 Å². The monoisotopic (exact) mass is 448 g/mol. The second-order valence-corrected chi connectivity index (χ2v) is 10.4. The normalized spacial score (nSPS) is 14.3. The highest BCUT2D eigenvalue weighted by Gasteiger charge is 2.30. The number of rotatable bonds is 13. The topological polar surface area (TPSA) is 112 Å². The molecule has 10 heteroatoms. The van der Waals surface area contributed by atoms with Gasteiger partial charge in [-0.05, 0) is 48.8 Å². The molecule has 0 amide bonds. The average Bonchev–Trinajstić information content (AvgIpc) is 2.67. The van der Waals surface area contributed by atoms with Crippen LogP contribution in [0.15, 0.2) is 24.3 Å². The molecule has 0 aliphatic heterocycles. The van der Waals surface area contributed by atoms with E-state index in [1.165, 1.54) is 7.11 Å². The van der Waals surface area contributed by atoms with Crippen molar-refractivity contribution in [2.45, 2.75) is 32.6 Å². The summed E-state index contributed by atoms with van der Waals surface area (Å²) in [5.74, 6) is 0.245. The van der Waals surface area contributed by atoms with Gasteiger partial charge in [-0.1, -0.05) is 18.7 Å². The highest BCUT2D eigenvalue weighted by atomic mass is 32.7. The van der Waals surface area contributed by atoms with Gasteiger partial charge in [0.15, 0.2) is 0 Å². The Bertz CT molecular complexity index is 729. The summed E-state index contributed by atoms with van der Waals surface area (Å²) >= 11 is 0.940. The number of hydrogen-bond acceptors (Lipinski definition) is 9. The first-order valence-corrected chi connectivity index (χ1v) is 12.0. The van der Waals surface area contributed by atoms with E-state index in [0.717, 1.165) is 28.1 Å². The maximum Gasteiger partial charge on any atom is 0.389 e. The van der Waals surface area contributed by atoms with E-state index in [4.69, 9.17) is 23.6 Å². The van der Waals surface area contributed by atoms with E-state index in [-0.39, 0.29) is 32.2 Å². The number of esters is 1. The van der Waals surface area contributed by atoms with E-state index < -0.39 is 18.9 Å². The Hall–Kier alpha value is -1.19. The Morgan fingerprint density at radius 2 is 1.90 bits per heavy atom. The fourth-order valence-electron chi connectivity index (χ4n) is 2.35. The van der Waals surface area contributed by atoms with Crippen LogP contribution in [0.25, 0.3) is 0 Å². The zero-order chi connectivity index (χ0) is 22.0. The number of aliphatic hydroxyl groups is 2. The van der Waals surface area contributed by atoms with Crippen LogP contribution in [0, 0.1) is 13.8 Å². The summed E-state index contributed by atoms with van der Waals surface area (Å²) in [6, 6.07) is 3.63. The minimum Gasteiger partial charge on any atom is -0.423 e. The first-order chi connectivity index (χ1) is 13.7. The molecule has 1 rings (SSSR count).